The molecule has 0 atom stereocenters. The van der Waals surface area contributed by atoms with Crippen molar-refractivity contribution in [2.75, 3.05) is 14.2 Å². The minimum Gasteiger partial charge on any atom is -0.508 e. The van der Waals surface area contributed by atoms with Gasteiger partial charge < -0.3 is 19.6 Å². The zero-order chi connectivity index (χ0) is 19.6. The monoisotopic (exact) mass is 370 g/mol. The molecule has 0 saturated heterocycles. The van der Waals surface area contributed by atoms with Crippen LogP contribution in [0, 0.1) is 11.2 Å². The minimum absolute atomic E-state index is 0.00279. The van der Waals surface area contributed by atoms with Crippen molar-refractivity contribution in [1.82, 2.24) is 5.32 Å². The molecule has 0 fully saturated rings. The summed E-state index contributed by atoms with van der Waals surface area (Å²) in [5.41, 5.74) is 1.82. The molecule has 7 heteroatoms. The van der Waals surface area contributed by atoms with Crippen LogP contribution in [0.15, 0.2) is 40.8 Å². The highest BCUT2D eigenvalue weighted by atomic mass is 19.1. The van der Waals surface area contributed by atoms with Gasteiger partial charge in [0.25, 0.3) is 5.91 Å². The van der Waals surface area contributed by atoms with Gasteiger partial charge in [0.2, 0.25) is 0 Å². The average molecular weight is 370 g/mol. The first-order valence-electron chi connectivity index (χ1n) is 8.32. The number of carbonyl (C=O) groups is 1. The molecule has 3 N–H and O–H groups in total. The van der Waals surface area contributed by atoms with Crippen LogP contribution < -0.4 is 5.32 Å². The fraction of sp³-hybridized carbons (Fsp3) is 0.200. The molecule has 0 unspecified atom stereocenters. The lowest BCUT2D eigenvalue weighted by atomic mass is 10.0. The third kappa shape index (κ3) is 3.62. The van der Waals surface area contributed by atoms with E-state index in [4.69, 9.17) is 14.6 Å². The summed E-state index contributed by atoms with van der Waals surface area (Å²) in [5, 5.41) is 20.9. The van der Waals surface area contributed by atoms with Crippen molar-refractivity contribution in [3.63, 3.8) is 0 Å². The van der Waals surface area contributed by atoms with E-state index in [1.807, 2.05) is 0 Å². The number of aromatic hydroxyl groups is 1. The van der Waals surface area contributed by atoms with Crippen LogP contribution in [0.5, 0.6) is 5.75 Å². The quantitative estimate of drug-likeness (QED) is 0.469. The maximum atomic E-state index is 13.2. The van der Waals surface area contributed by atoms with Crippen molar-refractivity contribution < 1.29 is 23.4 Å². The molecule has 0 aliphatic heterocycles. The maximum Gasteiger partial charge on any atom is 0.255 e. The van der Waals surface area contributed by atoms with E-state index in [9.17, 15) is 14.3 Å². The molecule has 140 valence electrons. The first-order chi connectivity index (χ1) is 12.9. The first kappa shape index (κ1) is 18.4. The van der Waals surface area contributed by atoms with E-state index in [0.717, 1.165) is 0 Å². The topological polar surface area (TPSA) is 95.6 Å². The van der Waals surface area contributed by atoms with Crippen LogP contribution in [0.2, 0.25) is 0 Å². The van der Waals surface area contributed by atoms with Gasteiger partial charge in [0, 0.05) is 24.4 Å². The number of amides is 1. The second-order valence-corrected chi connectivity index (χ2v) is 6.00. The summed E-state index contributed by atoms with van der Waals surface area (Å²) >= 11 is 0. The molecule has 0 aliphatic carbocycles. The first-order valence-corrected chi connectivity index (χ1v) is 8.32. The molecule has 2 aromatic carbocycles. The number of hydrogen-bond acceptors (Lipinski definition) is 5. The number of ether oxygens (including phenoxy) is 1. The number of aryl methyl sites for hydroxylation is 1. The fourth-order valence-electron chi connectivity index (χ4n) is 2.88. The van der Waals surface area contributed by atoms with E-state index in [0.29, 0.717) is 40.7 Å². The molecule has 0 radical (unpaired) electrons. The maximum absolute atomic E-state index is 13.2. The Morgan fingerprint density at radius 3 is 2.63 bits per heavy atom. The van der Waals surface area contributed by atoms with Gasteiger partial charge in [-0.2, -0.15) is 0 Å². The van der Waals surface area contributed by atoms with Crippen LogP contribution >= 0.6 is 0 Å². The van der Waals surface area contributed by atoms with Crippen LogP contribution in [-0.2, 0) is 11.2 Å². The lowest BCUT2D eigenvalue weighted by Gasteiger charge is -2.06. The van der Waals surface area contributed by atoms with E-state index in [1.165, 1.54) is 44.5 Å². The van der Waals surface area contributed by atoms with Gasteiger partial charge >= 0.3 is 0 Å². The number of phenolic OH excluding ortho intramolecular Hbond substituents is 1. The Bertz CT molecular complexity index is 1010. The molecule has 3 rings (SSSR count). The molecule has 0 saturated carbocycles. The summed E-state index contributed by atoms with van der Waals surface area (Å²) < 4.78 is 24.0. The van der Waals surface area contributed by atoms with Crippen molar-refractivity contribution in [3.05, 3.63) is 53.3 Å². The van der Waals surface area contributed by atoms with Crippen LogP contribution in [-0.4, -0.2) is 31.1 Å². The molecular weight excluding hydrogens is 351 g/mol. The van der Waals surface area contributed by atoms with Crippen molar-refractivity contribution in [3.8, 4) is 17.1 Å². The summed E-state index contributed by atoms with van der Waals surface area (Å²) in [6.45, 7) is 0. The normalized spacial score (nSPS) is 10.8. The summed E-state index contributed by atoms with van der Waals surface area (Å²) in [6.07, 6.45) is 0.708. The van der Waals surface area contributed by atoms with Crippen LogP contribution in [0.3, 0.4) is 0 Å². The third-order valence-corrected chi connectivity index (χ3v) is 4.32. The Morgan fingerprint density at radius 1 is 1.30 bits per heavy atom. The fourth-order valence-corrected chi connectivity index (χ4v) is 2.88. The lowest BCUT2D eigenvalue weighted by Crippen LogP contribution is -2.18. The molecule has 6 nitrogen and oxygen atoms in total. The lowest BCUT2D eigenvalue weighted by molar-refractivity contribution is 0.0964. The van der Waals surface area contributed by atoms with Crippen LogP contribution in [0.25, 0.3) is 22.3 Å². The van der Waals surface area contributed by atoms with Gasteiger partial charge in [-0.3, -0.25) is 10.2 Å². The second-order valence-electron chi connectivity index (χ2n) is 6.00. The molecule has 0 spiro atoms. The molecule has 1 amide bonds. The predicted molar refractivity (Wildman–Crippen MR) is 99.7 cm³/mol. The average Bonchev–Trinajstić information content (AvgIpc) is 3.03. The zero-order valence-corrected chi connectivity index (χ0v) is 14.9. The third-order valence-electron chi connectivity index (χ3n) is 4.32. The van der Waals surface area contributed by atoms with E-state index in [2.05, 4.69) is 5.32 Å². The number of halogens is 1. The number of nitrogens with one attached hydrogen (secondary N) is 2. The largest absolute Gasteiger partial charge is 0.508 e. The van der Waals surface area contributed by atoms with E-state index in [1.54, 1.807) is 6.07 Å². The number of carbonyl (C=O) groups excluding carboxylic acids is 1. The van der Waals surface area contributed by atoms with Gasteiger partial charge in [0.15, 0.2) is 5.90 Å². The van der Waals surface area contributed by atoms with Gasteiger partial charge in [-0.05, 0) is 48.4 Å². The standard InChI is InChI=1S/C20H19FN2O4/c1-23-20(25)18-14-10-15(24)12(5-8-17(22)26-2)9-16(14)27-19(18)11-3-6-13(21)7-4-11/h3-4,6-7,9-10,22,24H,5,8H2,1-2H3,(H,23,25). The molecular formula is C20H19FN2O4. The number of furan rings is 1. The SMILES string of the molecule is CNC(=O)c1c(-c2ccc(F)cc2)oc2cc(CCC(=N)OC)c(O)cc12. The zero-order valence-electron chi connectivity index (χ0n) is 14.9. The Hall–Kier alpha value is -3.35. The van der Waals surface area contributed by atoms with E-state index < -0.39 is 5.82 Å². The Kier molecular flexibility index (Phi) is 5.12. The van der Waals surface area contributed by atoms with Crippen LogP contribution in [0.1, 0.15) is 22.3 Å². The molecule has 3 aromatic rings. The van der Waals surface area contributed by atoms with Gasteiger partial charge in [-0.1, -0.05) is 0 Å². The highest BCUT2D eigenvalue weighted by Crippen LogP contribution is 2.37. The number of methoxy groups -OCH3 is 1. The van der Waals surface area contributed by atoms with Gasteiger partial charge in [-0.25, -0.2) is 4.39 Å². The Labute approximate surface area is 155 Å². The number of phenols is 1. The van der Waals surface area contributed by atoms with Gasteiger partial charge in [0.1, 0.15) is 22.9 Å². The molecule has 0 aliphatic rings. The van der Waals surface area contributed by atoms with Gasteiger partial charge in [-0.15, -0.1) is 0 Å². The Balaban J connectivity index is 2.13. The van der Waals surface area contributed by atoms with E-state index in [-0.39, 0.29) is 23.1 Å². The van der Waals surface area contributed by atoms with Crippen molar-refractivity contribution in [2.24, 2.45) is 0 Å². The van der Waals surface area contributed by atoms with Crippen molar-refractivity contribution >= 4 is 22.8 Å². The van der Waals surface area contributed by atoms with Gasteiger partial charge in [0.05, 0.1) is 12.7 Å². The number of fused-ring (bicyclic) bond motifs is 1. The highest BCUT2D eigenvalue weighted by molar-refractivity contribution is 6.11. The minimum atomic E-state index is -0.392. The molecule has 27 heavy (non-hydrogen) atoms. The van der Waals surface area contributed by atoms with E-state index >= 15 is 0 Å². The van der Waals surface area contributed by atoms with Crippen molar-refractivity contribution in [1.29, 1.82) is 5.41 Å². The Morgan fingerprint density at radius 2 is 2.00 bits per heavy atom. The number of hydrogen-bond donors (Lipinski definition) is 3. The van der Waals surface area contributed by atoms with Crippen molar-refractivity contribution in [2.45, 2.75) is 12.8 Å². The molecule has 1 heterocycles. The summed E-state index contributed by atoms with van der Waals surface area (Å²) in [4.78, 5) is 12.4. The predicted octanol–water partition coefficient (Wildman–Crippen LogP) is 3.86. The smallest absolute Gasteiger partial charge is 0.255 e. The summed E-state index contributed by atoms with van der Waals surface area (Å²) in [7, 11) is 2.92. The second kappa shape index (κ2) is 7.49. The van der Waals surface area contributed by atoms with Crippen LogP contribution in [0.4, 0.5) is 4.39 Å². The highest BCUT2D eigenvalue weighted by Gasteiger charge is 2.23. The molecule has 0 bridgehead atoms. The summed E-state index contributed by atoms with van der Waals surface area (Å²) in [5.74, 6) is -0.362. The number of rotatable bonds is 5. The molecule has 1 aromatic heterocycles. The number of benzene rings is 2. The summed E-state index contributed by atoms with van der Waals surface area (Å²) in [6, 6.07) is 8.75.